The first-order chi connectivity index (χ1) is 10.7. The first kappa shape index (κ1) is 17.8. The summed E-state index contributed by atoms with van der Waals surface area (Å²) in [6.45, 7) is 7.79. The summed E-state index contributed by atoms with van der Waals surface area (Å²) in [5.74, 6) is 1.05. The predicted molar refractivity (Wildman–Crippen MR) is 90.2 cm³/mol. The van der Waals surface area contributed by atoms with Gasteiger partial charge >= 0.3 is 6.09 Å². The number of hydrogen-bond acceptors (Lipinski definition) is 4. The van der Waals surface area contributed by atoms with E-state index in [1.807, 2.05) is 44.8 Å². The van der Waals surface area contributed by atoms with Crippen molar-refractivity contribution in [1.82, 2.24) is 20.2 Å². The summed E-state index contributed by atoms with van der Waals surface area (Å²) in [6, 6.07) is 0.917. The second-order valence-corrected chi connectivity index (χ2v) is 7.48. The molecule has 1 aromatic heterocycles. The lowest BCUT2D eigenvalue weighted by Crippen LogP contribution is -2.44. The van der Waals surface area contributed by atoms with Gasteiger partial charge in [-0.1, -0.05) is 0 Å². The number of aromatic nitrogens is 2. The molecule has 1 saturated carbocycles. The van der Waals surface area contributed by atoms with E-state index in [4.69, 9.17) is 4.74 Å². The number of amides is 1. The van der Waals surface area contributed by atoms with E-state index in [1.54, 1.807) is 0 Å². The summed E-state index contributed by atoms with van der Waals surface area (Å²) >= 11 is 0. The predicted octanol–water partition coefficient (Wildman–Crippen LogP) is 2.91. The van der Waals surface area contributed by atoms with Crippen molar-refractivity contribution in [2.24, 2.45) is 7.05 Å². The van der Waals surface area contributed by atoms with Gasteiger partial charge in [0.1, 0.15) is 11.4 Å². The molecule has 1 fully saturated rings. The van der Waals surface area contributed by atoms with E-state index >= 15 is 0 Å². The largest absolute Gasteiger partial charge is 0.444 e. The second kappa shape index (κ2) is 7.34. The van der Waals surface area contributed by atoms with Crippen LogP contribution in [-0.2, 0) is 11.8 Å². The Morgan fingerprint density at radius 2 is 1.91 bits per heavy atom. The lowest BCUT2D eigenvalue weighted by atomic mass is 9.91. The van der Waals surface area contributed by atoms with Crippen LogP contribution in [0.2, 0.25) is 0 Å². The normalized spacial score (nSPS) is 23.3. The lowest BCUT2D eigenvalue weighted by molar-refractivity contribution is 0.0489. The maximum absolute atomic E-state index is 11.8. The molecule has 6 heteroatoms. The summed E-state index contributed by atoms with van der Waals surface area (Å²) in [4.78, 5) is 16.2. The van der Waals surface area contributed by atoms with Crippen molar-refractivity contribution in [2.75, 3.05) is 0 Å². The average molecular weight is 322 g/mol. The Balaban J connectivity index is 1.74. The summed E-state index contributed by atoms with van der Waals surface area (Å²) in [7, 11) is 2.02. The molecule has 0 spiro atoms. The quantitative estimate of drug-likeness (QED) is 0.894. The van der Waals surface area contributed by atoms with Crippen LogP contribution in [-0.4, -0.2) is 33.3 Å². The van der Waals surface area contributed by atoms with Crippen LogP contribution in [0.15, 0.2) is 12.4 Å². The van der Waals surface area contributed by atoms with Gasteiger partial charge in [-0.3, -0.25) is 0 Å². The van der Waals surface area contributed by atoms with Gasteiger partial charge in [0.05, 0.1) is 6.04 Å². The third-order valence-electron chi connectivity index (χ3n) is 4.18. The fraction of sp³-hybridized carbons (Fsp3) is 0.765. The molecule has 1 aromatic rings. The first-order valence-electron chi connectivity index (χ1n) is 8.47. The van der Waals surface area contributed by atoms with Gasteiger partial charge in [-0.15, -0.1) is 0 Å². The molecule has 1 aliphatic carbocycles. The van der Waals surface area contributed by atoms with E-state index < -0.39 is 5.60 Å². The number of aryl methyl sites for hydroxylation is 1. The monoisotopic (exact) mass is 322 g/mol. The van der Waals surface area contributed by atoms with Crippen molar-refractivity contribution < 1.29 is 9.53 Å². The molecule has 1 unspecified atom stereocenters. The standard InChI is InChI=1S/C17H30N4O2/c1-12(15-18-10-11-21(15)5)19-13-6-8-14(9-7-13)20-16(22)23-17(2,3)4/h10-14,19H,6-9H2,1-5H3,(H,20,22). The molecular formula is C17H30N4O2. The highest BCUT2D eigenvalue weighted by molar-refractivity contribution is 5.68. The number of nitrogens with one attached hydrogen (secondary N) is 2. The van der Waals surface area contributed by atoms with Crippen molar-refractivity contribution >= 4 is 6.09 Å². The Hall–Kier alpha value is -1.56. The van der Waals surface area contributed by atoms with Crippen molar-refractivity contribution in [3.63, 3.8) is 0 Å². The number of carbonyl (C=O) groups is 1. The highest BCUT2D eigenvalue weighted by Gasteiger charge is 2.26. The number of carbonyl (C=O) groups excluding carboxylic acids is 1. The fourth-order valence-corrected chi connectivity index (χ4v) is 3.10. The molecule has 1 aliphatic rings. The third kappa shape index (κ3) is 5.53. The van der Waals surface area contributed by atoms with E-state index in [2.05, 4.69) is 22.5 Å². The maximum Gasteiger partial charge on any atom is 0.407 e. The highest BCUT2D eigenvalue weighted by Crippen LogP contribution is 2.22. The van der Waals surface area contributed by atoms with Crippen molar-refractivity contribution in [3.8, 4) is 0 Å². The molecule has 130 valence electrons. The van der Waals surface area contributed by atoms with Gasteiger partial charge in [0.2, 0.25) is 0 Å². The van der Waals surface area contributed by atoms with Gasteiger partial charge in [0.15, 0.2) is 0 Å². The van der Waals surface area contributed by atoms with Crippen LogP contribution in [0.3, 0.4) is 0 Å². The fourth-order valence-electron chi connectivity index (χ4n) is 3.10. The van der Waals surface area contributed by atoms with Gasteiger partial charge in [0.25, 0.3) is 0 Å². The Morgan fingerprint density at radius 1 is 1.30 bits per heavy atom. The summed E-state index contributed by atoms with van der Waals surface area (Å²) in [5.41, 5.74) is -0.444. The lowest BCUT2D eigenvalue weighted by Gasteiger charge is -2.32. The number of alkyl carbamates (subject to hydrolysis) is 1. The number of ether oxygens (including phenoxy) is 1. The minimum Gasteiger partial charge on any atom is -0.444 e. The molecule has 1 atom stereocenters. The highest BCUT2D eigenvalue weighted by atomic mass is 16.6. The van der Waals surface area contributed by atoms with E-state index in [-0.39, 0.29) is 18.2 Å². The Bertz CT molecular complexity index is 513. The zero-order chi connectivity index (χ0) is 17.0. The van der Waals surface area contributed by atoms with Crippen LogP contribution in [0.1, 0.15) is 65.2 Å². The zero-order valence-corrected chi connectivity index (χ0v) is 14.9. The summed E-state index contributed by atoms with van der Waals surface area (Å²) in [6.07, 6.45) is 7.54. The Labute approximate surface area is 139 Å². The van der Waals surface area contributed by atoms with Crippen LogP contribution in [0, 0.1) is 0 Å². The molecule has 23 heavy (non-hydrogen) atoms. The van der Waals surface area contributed by atoms with E-state index in [9.17, 15) is 4.79 Å². The van der Waals surface area contributed by atoms with E-state index in [0.29, 0.717) is 6.04 Å². The molecule has 1 heterocycles. The SMILES string of the molecule is CC(NC1CCC(NC(=O)OC(C)(C)C)CC1)c1nccn1C. The summed E-state index contributed by atoms with van der Waals surface area (Å²) in [5, 5.41) is 6.63. The Morgan fingerprint density at radius 3 is 2.43 bits per heavy atom. The van der Waals surface area contributed by atoms with Gasteiger partial charge in [-0.05, 0) is 53.4 Å². The molecule has 6 nitrogen and oxygen atoms in total. The molecule has 0 radical (unpaired) electrons. The molecular weight excluding hydrogens is 292 g/mol. The van der Waals surface area contributed by atoms with Crippen LogP contribution >= 0.6 is 0 Å². The van der Waals surface area contributed by atoms with Gasteiger partial charge in [-0.25, -0.2) is 9.78 Å². The van der Waals surface area contributed by atoms with Crippen LogP contribution in [0.25, 0.3) is 0 Å². The maximum atomic E-state index is 11.8. The number of rotatable bonds is 4. The summed E-state index contributed by atoms with van der Waals surface area (Å²) < 4.78 is 7.37. The minimum absolute atomic E-state index is 0.214. The minimum atomic E-state index is -0.444. The van der Waals surface area contributed by atoms with Gasteiger partial charge < -0.3 is 19.9 Å². The third-order valence-corrected chi connectivity index (χ3v) is 4.18. The van der Waals surface area contributed by atoms with Crippen LogP contribution in [0.4, 0.5) is 4.79 Å². The second-order valence-electron chi connectivity index (χ2n) is 7.48. The van der Waals surface area contributed by atoms with Crippen molar-refractivity contribution in [1.29, 1.82) is 0 Å². The van der Waals surface area contributed by atoms with E-state index in [1.165, 1.54) is 0 Å². The van der Waals surface area contributed by atoms with Crippen molar-refractivity contribution in [3.05, 3.63) is 18.2 Å². The van der Waals surface area contributed by atoms with Crippen LogP contribution < -0.4 is 10.6 Å². The van der Waals surface area contributed by atoms with Crippen LogP contribution in [0.5, 0.6) is 0 Å². The topological polar surface area (TPSA) is 68.2 Å². The number of nitrogens with zero attached hydrogens (tertiary/aromatic N) is 2. The number of imidazole rings is 1. The van der Waals surface area contributed by atoms with E-state index in [0.717, 1.165) is 31.5 Å². The van der Waals surface area contributed by atoms with Gasteiger partial charge in [0, 0.05) is 31.5 Å². The molecule has 0 aliphatic heterocycles. The Kier molecular flexibility index (Phi) is 5.68. The smallest absolute Gasteiger partial charge is 0.407 e. The first-order valence-corrected chi connectivity index (χ1v) is 8.47. The molecule has 0 aromatic carbocycles. The number of hydrogen-bond donors (Lipinski definition) is 2. The zero-order valence-electron chi connectivity index (χ0n) is 14.9. The molecule has 2 N–H and O–H groups in total. The van der Waals surface area contributed by atoms with Gasteiger partial charge in [-0.2, -0.15) is 0 Å². The molecule has 0 bridgehead atoms. The molecule has 0 saturated heterocycles. The van der Waals surface area contributed by atoms with Crippen molar-refractivity contribution in [2.45, 2.75) is 77.1 Å². The molecule has 2 rings (SSSR count). The molecule has 1 amide bonds. The average Bonchev–Trinajstić information content (AvgIpc) is 2.85.